The van der Waals surface area contributed by atoms with Gasteiger partial charge in [-0.2, -0.15) is 0 Å². The Bertz CT molecular complexity index is 1170. The van der Waals surface area contributed by atoms with Crippen LogP contribution in [0.25, 0.3) is 0 Å². The maximum Gasteiger partial charge on any atom is 0.339 e. The zero-order chi connectivity index (χ0) is 28.7. The van der Waals surface area contributed by atoms with Gasteiger partial charge in [-0.25, -0.2) is 4.79 Å². The van der Waals surface area contributed by atoms with Crippen molar-refractivity contribution >= 4 is 11.9 Å². The summed E-state index contributed by atoms with van der Waals surface area (Å²) < 4.78 is 28.5. The van der Waals surface area contributed by atoms with Crippen LogP contribution >= 0.6 is 0 Å². The van der Waals surface area contributed by atoms with Crippen LogP contribution in [-0.4, -0.2) is 83.5 Å². The number of ether oxygens (including phenoxy) is 5. The molecule has 0 radical (unpaired) electrons. The Balaban J connectivity index is 1.49. The Morgan fingerprint density at radius 3 is 2.60 bits per heavy atom. The second-order valence-electron chi connectivity index (χ2n) is 12.0. The van der Waals surface area contributed by atoms with E-state index in [1.54, 1.807) is 27.9 Å². The lowest BCUT2D eigenvalue weighted by Gasteiger charge is -2.39. The topological polar surface area (TPSA) is 124 Å². The van der Waals surface area contributed by atoms with Crippen molar-refractivity contribution in [1.82, 2.24) is 4.90 Å². The zero-order valence-electron chi connectivity index (χ0n) is 23.9. The first-order chi connectivity index (χ1) is 19.0. The lowest BCUT2D eigenvalue weighted by Crippen LogP contribution is -2.49. The average molecular weight is 560 g/mol. The molecule has 1 aromatic rings. The van der Waals surface area contributed by atoms with Gasteiger partial charge in [-0.3, -0.25) is 9.69 Å². The summed E-state index contributed by atoms with van der Waals surface area (Å²) in [6.45, 7) is 7.01. The standard InChI is InChI=1S/C30H41NO9/c1-5-37-24(32)17-30(35,11-6-9-28(2,3)34)27(33)40-26-23(36-4)16-29-10-7-12-31(29)13-8-19-14-21-22(39-18-38-21)15-20(19)25(26)29/h14-16,25-26,34-35H,5-13,17-18H2,1-4H3/t25-,26?,29-,30+/m1/s1. The molecule has 5 rings (SSSR count). The van der Waals surface area contributed by atoms with E-state index in [9.17, 15) is 19.8 Å². The van der Waals surface area contributed by atoms with Gasteiger partial charge in [0.2, 0.25) is 6.79 Å². The molecule has 1 fully saturated rings. The molecule has 1 aliphatic carbocycles. The largest absolute Gasteiger partial charge is 0.497 e. The minimum absolute atomic E-state index is 0.0649. The molecule has 4 aliphatic rings. The lowest BCUT2D eigenvalue weighted by atomic mass is 9.77. The number of hydrogen-bond acceptors (Lipinski definition) is 10. The Labute approximate surface area is 235 Å². The number of hydrogen-bond donors (Lipinski definition) is 2. The number of aliphatic hydroxyl groups is 2. The van der Waals surface area contributed by atoms with Gasteiger partial charge in [0, 0.05) is 6.54 Å². The van der Waals surface area contributed by atoms with Gasteiger partial charge in [0.15, 0.2) is 23.2 Å². The normalized spacial score (nSPS) is 26.6. The molecular weight excluding hydrogens is 518 g/mol. The average Bonchev–Trinajstić information content (AvgIpc) is 3.57. The summed E-state index contributed by atoms with van der Waals surface area (Å²) in [7, 11) is 1.56. The Kier molecular flexibility index (Phi) is 7.80. The highest BCUT2D eigenvalue weighted by atomic mass is 16.7. The van der Waals surface area contributed by atoms with Gasteiger partial charge in [0.1, 0.15) is 5.76 Å². The van der Waals surface area contributed by atoms with Crippen molar-refractivity contribution in [3.8, 4) is 11.5 Å². The van der Waals surface area contributed by atoms with E-state index in [2.05, 4.69) is 11.0 Å². The molecule has 0 bridgehead atoms. The van der Waals surface area contributed by atoms with Gasteiger partial charge in [-0.05, 0) is 95.2 Å². The molecule has 3 aliphatic heterocycles. The highest BCUT2D eigenvalue weighted by Gasteiger charge is 2.59. The SMILES string of the molecule is CCOC(=O)C[C@@](O)(CCCC(C)(C)O)C(=O)OC1C(OC)=C[C@@]23CCCN2CCc2cc4c(cc2[C@H]13)OCO4. The minimum Gasteiger partial charge on any atom is -0.497 e. The van der Waals surface area contributed by atoms with Gasteiger partial charge in [-0.15, -0.1) is 0 Å². The van der Waals surface area contributed by atoms with Crippen LogP contribution < -0.4 is 9.47 Å². The molecule has 3 heterocycles. The van der Waals surface area contributed by atoms with Crippen molar-refractivity contribution < 1.29 is 43.5 Å². The van der Waals surface area contributed by atoms with Crippen molar-refractivity contribution in [3.63, 3.8) is 0 Å². The smallest absolute Gasteiger partial charge is 0.339 e. The quantitative estimate of drug-likeness (QED) is 0.414. The highest BCUT2D eigenvalue weighted by Crippen LogP contribution is 2.55. The van der Waals surface area contributed by atoms with Crippen LogP contribution in [0, 0.1) is 0 Å². The summed E-state index contributed by atoms with van der Waals surface area (Å²) in [6.07, 6.45) is 3.97. The molecule has 2 N–H and O–H groups in total. The van der Waals surface area contributed by atoms with E-state index in [1.807, 2.05) is 12.1 Å². The van der Waals surface area contributed by atoms with E-state index in [4.69, 9.17) is 23.7 Å². The van der Waals surface area contributed by atoms with Crippen molar-refractivity contribution in [2.45, 2.75) is 94.5 Å². The molecule has 1 aromatic carbocycles. The maximum absolute atomic E-state index is 13.8. The fourth-order valence-corrected chi connectivity index (χ4v) is 6.85. The number of rotatable bonds is 10. The third-order valence-corrected chi connectivity index (χ3v) is 8.70. The van der Waals surface area contributed by atoms with Crippen LogP contribution in [0.3, 0.4) is 0 Å². The third kappa shape index (κ3) is 5.29. The van der Waals surface area contributed by atoms with E-state index in [0.29, 0.717) is 30.1 Å². The van der Waals surface area contributed by atoms with E-state index in [1.165, 1.54) is 0 Å². The van der Waals surface area contributed by atoms with Crippen molar-refractivity contribution in [2.75, 3.05) is 33.6 Å². The van der Waals surface area contributed by atoms with Gasteiger partial charge in [0.25, 0.3) is 0 Å². The molecule has 1 saturated heterocycles. The first-order valence-electron chi connectivity index (χ1n) is 14.3. The number of nitrogens with zero attached hydrogens (tertiary/aromatic N) is 1. The fourth-order valence-electron chi connectivity index (χ4n) is 6.85. The molecular formula is C30H41NO9. The van der Waals surface area contributed by atoms with Crippen LogP contribution in [0.15, 0.2) is 24.0 Å². The predicted octanol–water partition coefficient (Wildman–Crippen LogP) is 2.97. The van der Waals surface area contributed by atoms with Crippen LogP contribution in [-0.2, 0) is 30.2 Å². The molecule has 0 amide bonds. The second-order valence-corrected chi connectivity index (χ2v) is 12.0. The predicted molar refractivity (Wildman–Crippen MR) is 144 cm³/mol. The number of fused-ring (bicyclic) bond motifs is 3. The molecule has 0 saturated carbocycles. The maximum atomic E-state index is 13.8. The number of methoxy groups -OCH3 is 1. The third-order valence-electron chi connectivity index (χ3n) is 8.70. The van der Waals surface area contributed by atoms with E-state index < -0.39 is 41.2 Å². The van der Waals surface area contributed by atoms with Gasteiger partial charge in [-0.1, -0.05) is 0 Å². The first kappa shape index (κ1) is 28.7. The van der Waals surface area contributed by atoms with Crippen LogP contribution in [0.5, 0.6) is 11.5 Å². The molecule has 1 unspecified atom stereocenters. The summed E-state index contributed by atoms with van der Waals surface area (Å²) in [6, 6.07) is 4.01. The van der Waals surface area contributed by atoms with E-state index in [-0.39, 0.29) is 25.7 Å². The van der Waals surface area contributed by atoms with Crippen molar-refractivity contribution in [2.24, 2.45) is 0 Å². The summed E-state index contributed by atoms with van der Waals surface area (Å²) in [5.74, 6) is -0.0176. The Hall–Kier alpha value is -2.82. The molecule has 10 nitrogen and oxygen atoms in total. The molecule has 40 heavy (non-hydrogen) atoms. The first-order valence-corrected chi connectivity index (χ1v) is 14.3. The van der Waals surface area contributed by atoms with Crippen LogP contribution in [0.2, 0.25) is 0 Å². The van der Waals surface area contributed by atoms with E-state index in [0.717, 1.165) is 43.5 Å². The molecule has 220 valence electrons. The van der Waals surface area contributed by atoms with Crippen molar-refractivity contribution in [3.05, 3.63) is 35.1 Å². The number of carbonyl (C=O) groups excluding carboxylic acids is 2. The number of esters is 2. The summed E-state index contributed by atoms with van der Waals surface area (Å²) >= 11 is 0. The van der Waals surface area contributed by atoms with Gasteiger partial charge in [0.05, 0.1) is 37.2 Å². The van der Waals surface area contributed by atoms with Crippen molar-refractivity contribution in [1.29, 1.82) is 0 Å². The highest BCUT2D eigenvalue weighted by molar-refractivity contribution is 5.86. The van der Waals surface area contributed by atoms with Gasteiger partial charge >= 0.3 is 11.9 Å². The molecule has 0 aromatic heterocycles. The monoisotopic (exact) mass is 559 g/mol. The van der Waals surface area contributed by atoms with Crippen LogP contribution in [0.4, 0.5) is 0 Å². The summed E-state index contributed by atoms with van der Waals surface area (Å²) in [5.41, 5.74) is -1.42. The fraction of sp³-hybridized carbons (Fsp3) is 0.667. The second kappa shape index (κ2) is 10.9. The summed E-state index contributed by atoms with van der Waals surface area (Å²) in [4.78, 5) is 28.7. The van der Waals surface area contributed by atoms with Gasteiger partial charge < -0.3 is 33.9 Å². The summed E-state index contributed by atoms with van der Waals surface area (Å²) in [5, 5.41) is 21.8. The minimum atomic E-state index is -2.12. The van der Waals surface area contributed by atoms with E-state index >= 15 is 0 Å². The van der Waals surface area contributed by atoms with Crippen LogP contribution in [0.1, 0.15) is 76.3 Å². The molecule has 10 heteroatoms. The lowest BCUT2D eigenvalue weighted by molar-refractivity contribution is -0.179. The number of carbonyl (C=O) groups is 2. The molecule has 1 spiro atoms. The number of benzene rings is 1. The molecule has 4 atom stereocenters. The Morgan fingerprint density at radius 1 is 1.15 bits per heavy atom. The zero-order valence-corrected chi connectivity index (χ0v) is 23.9. The Morgan fingerprint density at radius 2 is 1.90 bits per heavy atom.